The van der Waals surface area contributed by atoms with Crippen LogP contribution in [0.1, 0.15) is 55.6 Å². The molecule has 0 spiro atoms. The van der Waals surface area contributed by atoms with Gasteiger partial charge in [0.15, 0.2) is 0 Å². The lowest BCUT2D eigenvalue weighted by Gasteiger charge is -2.04. The van der Waals surface area contributed by atoms with E-state index in [1.165, 1.54) is 38.8 Å². The Kier molecular flexibility index (Phi) is 3.19. The Bertz CT molecular complexity index is 364. The summed E-state index contributed by atoms with van der Waals surface area (Å²) in [5, 5.41) is 3.54. The molecule has 0 heterocycles. The Labute approximate surface area is 105 Å². The van der Waals surface area contributed by atoms with Gasteiger partial charge in [0.2, 0.25) is 0 Å². The summed E-state index contributed by atoms with van der Waals surface area (Å²) in [6.07, 6.45) is 5.45. The second-order valence-electron chi connectivity index (χ2n) is 5.75. The van der Waals surface area contributed by atoms with E-state index in [-0.39, 0.29) is 0 Å². The van der Waals surface area contributed by atoms with Gasteiger partial charge < -0.3 is 5.32 Å². The molecular weight excluding hydrogens is 206 g/mol. The minimum Gasteiger partial charge on any atom is -0.316 e. The summed E-state index contributed by atoms with van der Waals surface area (Å²) in [5.41, 5.74) is 3.13. The van der Waals surface area contributed by atoms with Gasteiger partial charge in [-0.3, -0.25) is 0 Å². The van der Waals surface area contributed by atoms with Crippen LogP contribution in [-0.4, -0.2) is 13.1 Å². The van der Waals surface area contributed by atoms with Crippen molar-refractivity contribution >= 4 is 0 Å². The Morgan fingerprint density at radius 3 is 2.47 bits per heavy atom. The smallest absolute Gasteiger partial charge is 0.00144 e. The SMILES string of the molecule is CCCNCC1CC1c1ccc(C2CC2)cc1. The number of hydrogen-bond acceptors (Lipinski definition) is 1. The van der Waals surface area contributed by atoms with Gasteiger partial charge in [0, 0.05) is 0 Å². The predicted octanol–water partition coefficient (Wildman–Crippen LogP) is 3.67. The molecule has 2 unspecified atom stereocenters. The lowest BCUT2D eigenvalue weighted by atomic mass is 10.0. The van der Waals surface area contributed by atoms with Crippen LogP contribution in [0.2, 0.25) is 0 Å². The molecular formula is C16H23N. The summed E-state index contributed by atoms with van der Waals surface area (Å²) >= 11 is 0. The fourth-order valence-corrected chi connectivity index (χ4v) is 2.78. The molecule has 2 fully saturated rings. The second kappa shape index (κ2) is 4.81. The monoisotopic (exact) mass is 229 g/mol. The number of benzene rings is 1. The van der Waals surface area contributed by atoms with Crippen molar-refractivity contribution in [2.24, 2.45) is 5.92 Å². The highest BCUT2D eigenvalue weighted by Gasteiger charge is 2.37. The van der Waals surface area contributed by atoms with Crippen molar-refractivity contribution in [1.29, 1.82) is 0 Å². The number of hydrogen-bond donors (Lipinski definition) is 1. The van der Waals surface area contributed by atoms with Gasteiger partial charge in [0.1, 0.15) is 0 Å². The van der Waals surface area contributed by atoms with Crippen molar-refractivity contribution < 1.29 is 0 Å². The topological polar surface area (TPSA) is 12.0 Å². The van der Waals surface area contributed by atoms with Gasteiger partial charge in [-0.15, -0.1) is 0 Å². The highest BCUT2D eigenvalue weighted by atomic mass is 14.9. The van der Waals surface area contributed by atoms with Crippen molar-refractivity contribution in [1.82, 2.24) is 5.32 Å². The molecule has 1 heteroatoms. The van der Waals surface area contributed by atoms with E-state index in [0.29, 0.717) is 0 Å². The van der Waals surface area contributed by atoms with Crippen LogP contribution < -0.4 is 5.32 Å². The zero-order valence-electron chi connectivity index (χ0n) is 10.8. The van der Waals surface area contributed by atoms with E-state index in [2.05, 4.69) is 36.5 Å². The van der Waals surface area contributed by atoms with Crippen LogP contribution in [0.25, 0.3) is 0 Å². The van der Waals surface area contributed by atoms with Crippen molar-refractivity contribution in [3.8, 4) is 0 Å². The highest BCUT2D eigenvalue weighted by Crippen LogP contribution is 2.48. The minimum absolute atomic E-state index is 0.840. The standard InChI is InChI=1S/C16H23N/c1-2-9-17-11-15-10-16(15)14-7-5-13(6-8-14)12-3-4-12/h5-8,12,15-17H,2-4,9-11H2,1H3. The van der Waals surface area contributed by atoms with Crippen molar-refractivity contribution in [3.63, 3.8) is 0 Å². The molecule has 0 aliphatic heterocycles. The van der Waals surface area contributed by atoms with Crippen LogP contribution >= 0.6 is 0 Å². The van der Waals surface area contributed by atoms with E-state index in [1.54, 1.807) is 11.1 Å². The highest BCUT2D eigenvalue weighted by molar-refractivity contribution is 5.32. The molecule has 0 radical (unpaired) electrons. The quantitative estimate of drug-likeness (QED) is 0.734. The number of rotatable bonds is 6. The second-order valence-corrected chi connectivity index (χ2v) is 5.75. The van der Waals surface area contributed by atoms with Gasteiger partial charge >= 0.3 is 0 Å². The van der Waals surface area contributed by atoms with E-state index in [9.17, 15) is 0 Å². The van der Waals surface area contributed by atoms with Crippen molar-refractivity contribution in [3.05, 3.63) is 35.4 Å². The summed E-state index contributed by atoms with van der Waals surface area (Å²) in [5.74, 6) is 2.63. The maximum absolute atomic E-state index is 3.54. The van der Waals surface area contributed by atoms with E-state index in [0.717, 1.165) is 17.8 Å². The fraction of sp³-hybridized carbons (Fsp3) is 0.625. The molecule has 0 amide bonds. The maximum Gasteiger partial charge on any atom is -0.00144 e. The maximum atomic E-state index is 3.54. The summed E-state index contributed by atoms with van der Waals surface area (Å²) < 4.78 is 0. The molecule has 0 bridgehead atoms. The molecule has 0 aromatic heterocycles. The largest absolute Gasteiger partial charge is 0.316 e. The third-order valence-electron chi connectivity index (χ3n) is 4.17. The predicted molar refractivity (Wildman–Crippen MR) is 72.4 cm³/mol. The Morgan fingerprint density at radius 1 is 1.12 bits per heavy atom. The molecule has 2 aliphatic rings. The van der Waals surface area contributed by atoms with Gasteiger partial charge in [0.05, 0.1) is 0 Å². The lowest BCUT2D eigenvalue weighted by Crippen LogP contribution is -2.17. The summed E-state index contributed by atoms with van der Waals surface area (Å²) in [7, 11) is 0. The number of nitrogens with one attached hydrogen (secondary N) is 1. The van der Waals surface area contributed by atoms with Crippen LogP contribution in [0.15, 0.2) is 24.3 Å². The lowest BCUT2D eigenvalue weighted by molar-refractivity contribution is 0.620. The van der Waals surface area contributed by atoms with Gasteiger partial charge in [-0.25, -0.2) is 0 Å². The molecule has 17 heavy (non-hydrogen) atoms. The Hall–Kier alpha value is -0.820. The van der Waals surface area contributed by atoms with Gasteiger partial charge in [0.25, 0.3) is 0 Å². The molecule has 3 rings (SSSR count). The minimum atomic E-state index is 0.840. The molecule has 2 saturated carbocycles. The normalized spacial score (nSPS) is 27.1. The molecule has 1 nitrogen and oxygen atoms in total. The molecule has 1 aromatic rings. The molecule has 2 atom stereocenters. The third-order valence-corrected chi connectivity index (χ3v) is 4.17. The fourth-order valence-electron chi connectivity index (χ4n) is 2.78. The zero-order chi connectivity index (χ0) is 11.7. The van der Waals surface area contributed by atoms with Crippen LogP contribution in [0.5, 0.6) is 0 Å². The first kappa shape index (κ1) is 11.3. The third kappa shape index (κ3) is 2.71. The van der Waals surface area contributed by atoms with Crippen LogP contribution in [0.3, 0.4) is 0 Å². The molecule has 92 valence electrons. The van der Waals surface area contributed by atoms with Crippen LogP contribution in [-0.2, 0) is 0 Å². The Morgan fingerprint density at radius 2 is 1.82 bits per heavy atom. The van der Waals surface area contributed by atoms with Crippen LogP contribution in [0.4, 0.5) is 0 Å². The first-order valence-electron chi connectivity index (χ1n) is 7.19. The first-order chi connectivity index (χ1) is 8.38. The van der Waals surface area contributed by atoms with E-state index < -0.39 is 0 Å². The molecule has 1 aromatic carbocycles. The average Bonchev–Trinajstić information content (AvgIpc) is 3.24. The Balaban J connectivity index is 1.51. The van der Waals surface area contributed by atoms with Crippen molar-refractivity contribution in [2.75, 3.05) is 13.1 Å². The summed E-state index contributed by atoms with van der Waals surface area (Å²) in [4.78, 5) is 0. The average molecular weight is 229 g/mol. The van der Waals surface area contributed by atoms with E-state index >= 15 is 0 Å². The van der Waals surface area contributed by atoms with Crippen LogP contribution in [0, 0.1) is 5.92 Å². The summed E-state index contributed by atoms with van der Waals surface area (Å²) in [6, 6.07) is 9.47. The van der Waals surface area contributed by atoms with Gasteiger partial charge in [-0.2, -0.15) is 0 Å². The molecule has 2 aliphatic carbocycles. The van der Waals surface area contributed by atoms with Gasteiger partial charge in [-0.05, 0) is 67.7 Å². The van der Waals surface area contributed by atoms with E-state index in [1.807, 2.05) is 0 Å². The first-order valence-corrected chi connectivity index (χ1v) is 7.19. The van der Waals surface area contributed by atoms with Gasteiger partial charge in [-0.1, -0.05) is 31.2 Å². The molecule has 1 N–H and O–H groups in total. The van der Waals surface area contributed by atoms with E-state index in [4.69, 9.17) is 0 Å². The summed E-state index contributed by atoms with van der Waals surface area (Å²) in [6.45, 7) is 4.61. The van der Waals surface area contributed by atoms with Crippen molar-refractivity contribution in [2.45, 2.75) is 44.4 Å². The molecule has 0 saturated heterocycles. The zero-order valence-corrected chi connectivity index (χ0v) is 10.8.